The lowest BCUT2D eigenvalue weighted by Crippen LogP contribution is -2.21. The van der Waals surface area contributed by atoms with E-state index in [1.165, 1.54) is 0 Å². The van der Waals surface area contributed by atoms with E-state index in [1.807, 2.05) is 0 Å². The Balaban J connectivity index is 2.73. The van der Waals surface area contributed by atoms with Crippen LogP contribution in [0.1, 0.15) is 32.6 Å². The van der Waals surface area contributed by atoms with Crippen molar-refractivity contribution in [2.75, 3.05) is 0 Å². The van der Waals surface area contributed by atoms with Crippen molar-refractivity contribution in [1.29, 1.82) is 0 Å². The SMILES string of the molecule is CCC1=CCCCC1(F)F. The Labute approximate surface area is 59.9 Å². The summed E-state index contributed by atoms with van der Waals surface area (Å²) < 4.78 is 25.6. The van der Waals surface area contributed by atoms with Crippen molar-refractivity contribution in [3.05, 3.63) is 11.6 Å². The van der Waals surface area contributed by atoms with Crippen LogP contribution in [0.4, 0.5) is 8.78 Å². The normalized spacial score (nSPS) is 24.1. The van der Waals surface area contributed by atoms with E-state index in [4.69, 9.17) is 0 Å². The Bertz CT molecular complexity index is 147. The van der Waals surface area contributed by atoms with Crippen LogP contribution in [0, 0.1) is 0 Å². The van der Waals surface area contributed by atoms with Gasteiger partial charge in [0.2, 0.25) is 0 Å². The molecule has 0 unspecified atom stereocenters. The van der Waals surface area contributed by atoms with Crippen LogP contribution in [0.15, 0.2) is 11.6 Å². The highest BCUT2D eigenvalue weighted by molar-refractivity contribution is 5.14. The number of hydrogen-bond acceptors (Lipinski definition) is 0. The first kappa shape index (κ1) is 7.70. The maximum Gasteiger partial charge on any atom is 0.269 e. The van der Waals surface area contributed by atoms with E-state index in [0.717, 1.165) is 6.42 Å². The van der Waals surface area contributed by atoms with Crippen molar-refractivity contribution in [1.82, 2.24) is 0 Å². The van der Waals surface area contributed by atoms with Gasteiger partial charge in [-0.05, 0) is 24.8 Å². The second-order valence-corrected chi connectivity index (χ2v) is 2.68. The van der Waals surface area contributed by atoms with Gasteiger partial charge in [0, 0.05) is 6.42 Å². The molecule has 0 heterocycles. The first-order chi connectivity index (χ1) is 4.67. The van der Waals surface area contributed by atoms with Gasteiger partial charge in [0.1, 0.15) is 0 Å². The lowest BCUT2D eigenvalue weighted by Gasteiger charge is -2.22. The molecule has 0 saturated carbocycles. The lowest BCUT2D eigenvalue weighted by atomic mass is 9.94. The fraction of sp³-hybridized carbons (Fsp3) is 0.750. The predicted molar refractivity (Wildman–Crippen MR) is 37.2 cm³/mol. The van der Waals surface area contributed by atoms with Gasteiger partial charge < -0.3 is 0 Å². The molecule has 0 bridgehead atoms. The minimum absolute atomic E-state index is 0.0483. The molecule has 0 atom stereocenters. The van der Waals surface area contributed by atoms with Gasteiger partial charge in [-0.3, -0.25) is 0 Å². The zero-order valence-corrected chi connectivity index (χ0v) is 6.16. The third-order valence-corrected chi connectivity index (χ3v) is 1.94. The first-order valence-corrected chi connectivity index (χ1v) is 3.74. The quantitative estimate of drug-likeness (QED) is 0.498. The van der Waals surface area contributed by atoms with Gasteiger partial charge in [0.15, 0.2) is 0 Å². The van der Waals surface area contributed by atoms with Gasteiger partial charge in [-0.15, -0.1) is 0 Å². The summed E-state index contributed by atoms with van der Waals surface area (Å²) in [6.07, 6.45) is 3.69. The van der Waals surface area contributed by atoms with E-state index >= 15 is 0 Å². The number of allylic oxidation sites excluding steroid dienone is 2. The van der Waals surface area contributed by atoms with Crippen LogP contribution in [-0.4, -0.2) is 5.92 Å². The second kappa shape index (κ2) is 2.69. The molecule has 0 aromatic heterocycles. The van der Waals surface area contributed by atoms with E-state index < -0.39 is 5.92 Å². The highest BCUT2D eigenvalue weighted by atomic mass is 19.3. The van der Waals surface area contributed by atoms with Crippen molar-refractivity contribution >= 4 is 0 Å². The zero-order chi connectivity index (χ0) is 7.61. The Morgan fingerprint density at radius 1 is 1.60 bits per heavy atom. The fourth-order valence-electron chi connectivity index (χ4n) is 1.31. The summed E-state index contributed by atoms with van der Waals surface area (Å²) in [7, 11) is 0. The average Bonchev–Trinajstić information content (AvgIpc) is 1.87. The monoisotopic (exact) mass is 146 g/mol. The molecule has 0 nitrogen and oxygen atoms in total. The van der Waals surface area contributed by atoms with Crippen LogP contribution < -0.4 is 0 Å². The molecule has 0 aromatic carbocycles. The molecule has 58 valence electrons. The van der Waals surface area contributed by atoms with Gasteiger partial charge in [-0.2, -0.15) is 0 Å². The molecule has 0 spiro atoms. The molecule has 2 heteroatoms. The summed E-state index contributed by atoms with van der Waals surface area (Å²) in [4.78, 5) is 0. The Kier molecular flexibility index (Phi) is 2.07. The Hall–Kier alpha value is -0.400. The van der Waals surface area contributed by atoms with Crippen LogP contribution in [0.25, 0.3) is 0 Å². The third kappa shape index (κ3) is 1.36. The summed E-state index contributed by atoms with van der Waals surface area (Å²) in [6, 6.07) is 0. The van der Waals surface area contributed by atoms with Gasteiger partial charge in [0.25, 0.3) is 5.92 Å². The van der Waals surface area contributed by atoms with Crippen molar-refractivity contribution < 1.29 is 8.78 Å². The highest BCUT2D eigenvalue weighted by Crippen LogP contribution is 2.35. The molecule has 1 rings (SSSR count). The van der Waals surface area contributed by atoms with E-state index in [9.17, 15) is 8.78 Å². The van der Waals surface area contributed by atoms with Gasteiger partial charge >= 0.3 is 0 Å². The maximum absolute atomic E-state index is 12.8. The molecule has 0 N–H and O–H groups in total. The Morgan fingerprint density at radius 3 is 2.70 bits per heavy atom. The van der Waals surface area contributed by atoms with Crippen LogP contribution in [0.3, 0.4) is 0 Å². The van der Waals surface area contributed by atoms with E-state index in [1.54, 1.807) is 13.0 Å². The Morgan fingerprint density at radius 2 is 2.30 bits per heavy atom. The first-order valence-electron chi connectivity index (χ1n) is 3.74. The lowest BCUT2D eigenvalue weighted by molar-refractivity contribution is 0.0222. The van der Waals surface area contributed by atoms with Crippen LogP contribution in [0.5, 0.6) is 0 Å². The fourth-order valence-corrected chi connectivity index (χ4v) is 1.31. The molecule has 0 fully saturated rings. The van der Waals surface area contributed by atoms with Crippen LogP contribution in [-0.2, 0) is 0 Å². The van der Waals surface area contributed by atoms with Crippen molar-refractivity contribution in [3.8, 4) is 0 Å². The molecule has 1 aliphatic rings. The molecular formula is C8H12F2. The molecular weight excluding hydrogens is 134 g/mol. The number of alkyl halides is 2. The standard InChI is InChI=1S/C8H12F2/c1-2-7-5-3-4-6-8(7,9)10/h5H,2-4,6H2,1H3. The van der Waals surface area contributed by atoms with E-state index in [0.29, 0.717) is 18.4 Å². The summed E-state index contributed by atoms with van der Waals surface area (Å²) in [5.41, 5.74) is 0.332. The maximum atomic E-state index is 12.8. The third-order valence-electron chi connectivity index (χ3n) is 1.94. The molecule has 10 heavy (non-hydrogen) atoms. The highest BCUT2D eigenvalue weighted by Gasteiger charge is 2.33. The molecule has 0 saturated heterocycles. The van der Waals surface area contributed by atoms with Crippen molar-refractivity contribution in [2.45, 2.75) is 38.5 Å². The minimum Gasteiger partial charge on any atom is -0.202 e. The largest absolute Gasteiger partial charge is 0.269 e. The summed E-state index contributed by atoms with van der Waals surface area (Å²) >= 11 is 0. The van der Waals surface area contributed by atoms with Gasteiger partial charge in [0.05, 0.1) is 0 Å². The smallest absolute Gasteiger partial charge is 0.202 e. The minimum atomic E-state index is -2.49. The summed E-state index contributed by atoms with van der Waals surface area (Å²) in [5.74, 6) is -2.49. The second-order valence-electron chi connectivity index (χ2n) is 2.68. The van der Waals surface area contributed by atoms with Crippen LogP contribution in [0.2, 0.25) is 0 Å². The van der Waals surface area contributed by atoms with Gasteiger partial charge in [-0.1, -0.05) is 13.0 Å². The number of halogens is 2. The zero-order valence-electron chi connectivity index (χ0n) is 6.16. The topological polar surface area (TPSA) is 0 Å². The molecule has 0 amide bonds. The number of hydrogen-bond donors (Lipinski definition) is 0. The molecule has 0 aromatic rings. The summed E-state index contributed by atoms with van der Waals surface area (Å²) in [6.45, 7) is 1.78. The predicted octanol–water partition coefficient (Wildman–Crippen LogP) is 3.14. The van der Waals surface area contributed by atoms with Gasteiger partial charge in [-0.25, -0.2) is 8.78 Å². The van der Waals surface area contributed by atoms with E-state index in [-0.39, 0.29) is 6.42 Å². The number of rotatable bonds is 1. The van der Waals surface area contributed by atoms with Crippen molar-refractivity contribution in [2.24, 2.45) is 0 Å². The average molecular weight is 146 g/mol. The van der Waals surface area contributed by atoms with Crippen molar-refractivity contribution in [3.63, 3.8) is 0 Å². The van der Waals surface area contributed by atoms with Crippen LogP contribution >= 0.6 is 0 Å². The molecule has 0 radical (unpaired) electrons. The molecule has 0 aliphatic heterocycles. The van der Waals surface area contributed by atoms with E-state index in [2.05, 4.69) is 0 Å². The molecule has 1 aliphatic carbocycles. The summed E-state index contributed by atoms with van der Waals surface area (Å²) in [5, 5.41) is 0.